The highest BCUT2D eigenvalue weighted by Gasteiger charge is 2.31. The molecule has 0 aliphatic rings. The van der Waals surface area contributed by atoms with Crippen LogP contribution >= 0.6 is 11.5 Å². The minimum absolute atomic E-state index is 0.0190. The first-order valence-corrected chi connectivity index (χ1v) is 8.86. The molecular weight excluding hydrogens is 411 g/mol. The minimum atomic E-state index is -4.82. The smallest absolute Gasteiger partial charge is 0.497 e. The van der Waals surface area contributed by atoms with Crippen molar-refractivity contribution in [3.8, 4) is 22.9 Å². The quantitative estimate of drug-likeness (QED) is 0.611. The van der Waals surface area contributed by atoms with E-state index in [1.807, 2.05) is 0 Å². The molecule has 3 aromatic rings. The van der Waals surface area contributed by atoms with Crippen molar-refractivity contribution in [1.82, 2.24) is 9.36 Å². The fourth-order valence-corrected chi connectivity index (χ4v) is 3.09. The molecule has 0 unspecified atom stereocenters. The number of rotatable bonds is 6. The van der Waals surface area contributed by atoms with Gasteiger partial charge in [-0.1, -0.05) is 24.3 Å². The van der Waals surface area contributed by atoms with Crippen molar-refractivity contribution in [3.05, 3.63) is 54.1 Å². The highest BCUT2D eigenvalue weighted by Crippen LogP contribution is 2.30. The maximum absolute atomic E-state index is 12.4. The molecule has 7 nitrogen and oxygen atoms in total. The van der Waals surface area contributed by atoms with E-state index < -0.39 is 18.2 Å². The van der Waals surface area contributed by atoms with Crippen LogP contribution in [0.4, 0.5) is 23.1 Å². The number of nitrogens with zero attached hydrogens (tertiary/aromatic N) is 3. The molecule has 0 bridgehead atoms. The number of benzene rings is 2. The molecule has 0 saturated heterocycles. The van der Waals surface area contributed by atoms with Crippen LogP contribution in [0.1, 0.15) is 5.56 Å². The third-order valence-corrected chi connectivity index (χ3v) is 4.44. The number of hydrogen-bond acceptors (Lipinski definition) is 6. The van der Waals surface area contributed by atoms with Crippen molar-refractivity contribution in [2.24, 2.45) is 0 Å². The summed E-state index contributed by atoms with van der Waals surface area (Å²) in [6, 6.07) is 12.0. The van der Waals surface area contributed by atoms with Gasteiger partial charge in [0.05, 0.1) is 13.7 Å². The summed E-state index contributed by atoms with van der Waals surface area (Å²) in [5, 5.41) is 9.62. The Hall–Kier alpha value is -3.34. The summed E-state index contributed by atoms with van der Waals surface area (Å²) in [6.45, 7) is 0.0190. The Morgan fingerprint density at radius 3 is 2.52 bits per heavy atom. The maximum atomic E-state index is 12.4. The largest absolute Gasteiger partial charge is 0.573 e. The number of ether oxygens (including phenoxy) is 2. The molecule has 1 heterocycles. The van der Waals surface area contributed by atoms with Gasteiger partial charge in [-0.2, -0.15) is 9.36 Å². The molecule has 0 radical (unpaired) electrons. The third-order valence-electron chi connectivity index (χ3n) is 3.70. The van der Waals surface area contributed by atoms with E-state index in [1.165, 1.54) is 19.2 Å². The van der Waals surface area contributed by atoms with Crippen LogP contribution in [0.2, 0.25) is 0 Å². The molecule has 11 heteroatoms. The number of methoxy groups -OCH3 is 1. The van der Waals surface area contributed by atoms with E-state index in [1.54, 1.807) is 24.3 Å². The van der Waals surface area contributed by atoms with E-state index in [4.69, 9.17) is 4.74 Å². The van der Waals surface area contributed by atoms with E-state index in [9.17, 15) is 23.1 Å². The van der Waals surface area contributed by atoms with Crippen LogP contribution in [0.25, 0.3) is 11.4 Å². The zero-order valence-electron chi connectivity index (χ0n) is 14.9. The molecule has 0 saturated carbocycles. The number of anilines is 1. The number of amides is 1. The normalized spacial score (nSPS) is 11.2. The maximum Gasteiger partial charge on any atom is 0.573 e. The highest BCUT2D eigenvalue weighted by molar-refractivity contribution is 7.10. The molecule has 3 rings (SSSR count). The summed E-state index contributed by atoms with van der Waals surface area (Å²) < 4.78 is 50.2. The van der Waals surface area contributed by atoms with Crippen LogP contribution in [-0.4, -0.2) is 34.0 Å². The van der Waals surface area contributed by atoms with Crippen molar-refractivity contribution < 1.29 is 32.5 Å². The zero-order chi connectivity index (χ0) is 21.0. The van der Waals surface area contributed by atoms with Crippen molar-refractivity contribution in [2.75, 3.05) is 12.0 Å². The number of halogens is 3. The van der Waals surface area contributed by atoms with Crippen LogP contribution in [0.3, 0.4) is 0 Å². The van der Waals surface area contributed by atoms with Crippen LogP contribution in [0.5, 0.6) is 11.5 Å². The van der Waals surface area contributed by atoms with Gasteiger partial charge in [0, 0.05) is 17.1 Å². The van der Waals surface area contributed by atoms with Gasteiger partial charge in [-0.25, -0.2) is 9.69 Å². The van der Waals surface area contributed by atoms with E-state index in [0.717, 1.165) is 28.6 Å². The average Bonchev–Trinajstić information content (AvgIpc) is 3.15. The summed E-state index contributed by atoms with van der Waals surface area (Å²) in [6.07, 6.45) is -6.06. The average molecular weight is 425 g/mol. The Labute approximate surface area is 167 Å². The first-order chi connectivity index (χ1) is 13.7. The van der Waals surface area contributed by atoms with Crippen molar-refractivity contribution in [2.45, 2.75) is 12.9 Å². The SMILES string of the molecule is COc1ccc(CN(C(=O)O)c2nc(-c3cccc(OC(F)(F)F)c3)ns2)cc1. The Bertz CT molecular complexity index is 993. The molecular formula is C18H14F3N3O4S. The first kappa shape index (κ1) is 20.4. The molecule has 1 N–H and O–H groups in total. The van der Waals surface area contributed by atoms with Crippen LogP contribution in [-0.2, 0) is 6.54 Å². The zero-order valence-corrected chi connectivity index (χ0v) is 15.7. The fourth-order valence-electron chi connectivity index (χ4n) is 2.41. The molecule has 0 aliphatic heterocycles. The topological polar surface area (TPSA) is 84.8 Å². The van der Waals surface area contributed by atoms with Gasteiger partial charge in [0.1, 0.15) is 11.5 Å². The third kappa shape index (κ3) is 5.35. The van der Waals surface area contributed by atoms with Gasteiger partial charge in [0.2, 0.25) is 5.13 Å². The number of alkyl halides is 3. The van der Waals surface area contributed by atoms with Crippen LogP contribution in [0.15, 0.2) is 48.5 Å². The molecule has 1 aromatic heterocycles. The summed E-state index contributed by atoms with van der Waals surface area (Å²) >= 11 is 0.823. The number of carbonyl (C=O) groups is 1. The van der Waals surface area contributed by atoms with Crippen molar-refractivity contribution in [1.29, 1.82) is 0 Å². The first-order valence-electron chi connectivity index (χ1n) is 8.08. The second-order valence-corrected chi connectivity index (χ2v) is 6.42. The molecule has 29 heavy (non-hydrogen) atoms. The lowest BCUT2D eigenvalue weighted by molar-refractivity contribution is -0.274. The second kappa shape index (κ2) is 8.35. The summed E-state index contributed by atoms with van der Waals surface area (Å²) in [7, 11) is 1.52. The highest BCUT2D eigenvalue weighted by atomic mass is 32.1. The molecule has 0 fully saturated rings. The van der Waals surface area contributed by atoms with Gasteiger partial charge in [0.25, 0.3) is 0 Å². The molecule has 2 aromatic carbocycles. The fraction of sp³-hybridized carbons (Fsp3) is 0.167. The standard InChI is InChI=1S/C18H14F3N3O4S/c1-27-13-7-5-11(6-8-13)10-24(17(25)26)16-22-15(23-29-16)12-3-2-4-14(9-12)28-18(19,20)21/h2-9H,10H2,1H3,(H,25,26). The minimum Gasteiger partial charge on any atom is -0.497 e. The molecule has 152 valence electrons. The predicted octanol–water partition coefficient (Wildman–Crippen LogP) is 4.80. The number of aromatic nitrogens is 2. The van der Waals surface area contributed by atoms with E-state index in [-0.39, 0.29) is 23.1 Å². The van der Waals surface area contributed by atoms with Crippen molar-refractivity contribution >= 4 is 22.8 Å². The second-order valence-electron chi connectivity index (χ2n) is 5.69. The lowest BCUT2D eigenvalue weighted by Crippen LogP contribution is -2.28. The van der Waals surface area contributed by atoms with Crippen molar-refractivity contribution in [3.63, 3.8) is 0 Å². The van der Waals surface area contributed by atoms with Gasteiger partial charge >= 0.3 is 12.5 Å². The summed E-state index contributed by atoms with van der Waals surface area (Å²) in [4.78, 5) is 16.8. The van der Waals surface area contributed by atoms with Crippen LogP contribution < -0.4 is 14.4 Å². The molecule has 0 atom stereocenters. The van der Waals surface area contributed by atoms with Gasteiger partial charge in [-0.15, -0.1) is 13.2 Å². The Balaban J connectivity index is 1.82. The lowest BCUT2D eigenvalue weighted by atomic mass is 10.2. The van der Waals surface area contributed by atoms with Gasteiger partial charge in [0.15, 0.2) is 5.82 Å². The van der Waals surface area contributed by atoms with E-state index in [0.29, 0.717) is 11.3 Å². The lowest BCUT2D eigenvalue weighted by Gasteiger charge is -2.15. The van der Waals surface area contributed by atoms with Gasteiger partial charge < -0.3 is 14.6 Å². The number of hydrogen-bond donors (Lipinski definition) is 1. The molecule has 1 amide bonds. The molecule has 0 aliphatic carbocycles. The molecule has 0 spiro atoms. The summed E-state index contributed by atoms with van der Waals surface area (Å²) in [5.74, 6) is 0.313. The Morgan fingerprint density at radius 1 is 1.17 bits per heavy atom. The number of carboxylic acid groups (broad SMARTS) is 1. The van der Waals surface area contributed by atoms with E-state index >= 15 is 0 Å². The van der Waals surface area contributed by atoms with Gasteiger partial charge in [-0.05, 0) is 29.8 Å². The Kier molecular flexibility index (Phi) is 5.87. The van der Waals surface area contributed by atoms with Crippen LogP contribution in [0, 0.1) is 0 Å². The van der Waals surface area contributed by atoms with E-state index in [2.05, 4.69) is 14.1 Å². The Morgan fingerprint density at radius 2 is 1.90 bits per heavy atom. The summed E-state index contributed by atoms with van der Waals surface area (Å²) in [5.41, 5.74) is 0.967. The monoisotopic (exact) mass is 425 g/mol. The predicted molar refractivity (Wildman–Crippen MR) is 99.2 cm³/mol. The van der Waals surface area contributed by atoms with Gasteiger partial charge in [-0.3, -0.25) is 0 Å².